The monoisotopic (exact) mass is 224 g/mol. The number of carbonyl (C=O) groups excluding carboxylic acids is 1. The molecule has 92 valence electrons. The maximum Gasteiger partial charge on any atom is 0.318 e. The van der Waals surface area contributed by atoms with Crippen molar-refractivity contribution in [3.8, 4) is 0 Å². The summed E-state index contributed by atoms with van der Waals surface area (Å²) in [5, 5.41) is 3.21. The molecule has 3 nitrogen and oxygen atoms in total. The first-order valence-corrected chi connectivity index (χ1v) is 6.77. The summed E-state index contributed by atoms with van der Waals surface area (Å²) in [6, 6.07) is 1.45. The van der Waals surface area contributed by atoms with Crippen molar-refractivity contribution in [1.29, 1.82) is 0 Å². The van der Waals surface area contributed by atoms with Crippen LogP contribution in [0, 0.1) is 0 Å². The zero-order valence-electron chi connectivity index (χ0n) is 10.5. The Morgan fingerprint density at radius 2 is 1.75 bits per heavy atom. The van der Waals surface area contributed by atoms with Crippen molar-refractivity contribution in [2.75, 3.05) is 0 Å². The third-order valence-corrected chi connectivity index (χ3v) is 3.66. The van der Waals surface area contributed by atoms with Gasteiger partial charge in [-0.15, -0.1) is 0 Å². The van der Waals surface area contributed by atoms with E-state index >= 15 is 0 Å². The van der Waals surface area contributed by atoms with Gasteiger partial charge in [0.05, 0.1) is 0 Å². The number of hydrogen-bond acceptors (Lipinski definition) is 1. The predicted octanol–water partition coefficient (Wildman–Crippen LogP) is 2.90. The normalized spacial score (nSPS) is 22.2. The summed E-state index contributed by atoms with van der Waals surface area (Å²) in [6.07, 6.45) is 8.60. The van der Waals surface area contributed by atoms with Gasteiger partial charge >= 0.3 is 6.03 Å². The first kappa shape index (κ1) is 11.7. The highest BCUT2D eigenvalue weighted by atomic mass is 16.2. The second kappa shape index (κ2) is 5.07. The van der Waals surface area contributed by atoms with Gasteiger partial charge in [-0.1, -0.05) is 19.3 Å². The fraction of sp³-hybridized carbons (Fsp3) is 0.923. The summed E-state index contributed by atoms with van der Waals surface area (Å²) >= 11 is 0. The lowest BCUT2D eigenvalue weighted by Gasteiger charge is -2.30. The maximum atomic E-state index is 12.1. The largest absolute Gasteiger partial charge is 0.335 e. The van der Waals surface area contributed by atoms with E-state index in [2.05, 4.69) is 19.2 Å². The van der Waals surface area contributed by atoms with E-state index in [1.807, 2.05) is 4.90 Å². The average molecular weight is 224 g/mol. The first-order chi connectivity index (χ1) is 7.68. The maximum absolute atomic E-state index is 12.1. The van der Waals surface area contributed by atoms with Crippen LogP contribution in [-0.4, -0.2) is 29.1 Å². The van der Waals surface area contributed by atoms with Crippen LogP contribution in [0.5, 0.6) is 0 Å². The molecule has 0 bridgehead atoms. The molecular formula is C13H24N2O. The average Bonchev–Trinajstić information content (AvgIpc) is 3.03. The molecule has 0 unspecified atom stereocenters. The number of nitrogens with one attached hydrogen (secondary N) is 1. The molecule has 2 rings (SSSR count). The molecule has 2 fully saturated rings. The van der Waals surface area contributed by atoms with Crippen LogP contribution in [0.2, 0.25) is 0 Å². The van der Waals surface area contributed by atoms with Gasteiger partial charge in [0.1, 0.15) is 0 Å². The second-order valence-corrected chi connectivity index (χ2v) is 5.52. The van der Waals surface area contributed by atoms with Crippen molar-refractivity contribution in [3.63, 3.8) is 0 Å². The van der Waals surface area contributed by atoms with Crippen LogP contribution in [-0.2, 0) is 0 Å². The van der Waals surface area contributed by atoms with Crippen LogP contribution >= 0.6 is 0 Å². The molecule has 0 heterocycles. The number of nitrogens with zero attached hydrogens (tertiary/aromatic N) is 1. The minimum absolute atomic E-state index is 0.171. The Labute approximate surface area is 98.6 Å². The summed E-state index contributed by atoms with van der Waals surface area (Å²) in [5.41, 5.74) is 0. The van der Waals surface area contributed by atoms with Crippen LogP contribution < -0.4 is 5.32 Å². The molecule has 2 aliphatic rings. The lowest BCUT2D eigenvalue weighted by molar-refractivity contribution is 0.172. The number of rotatable bonds is 3. The Morgan fingerprint density at radius 1 is 1.12 bits per heavy atom. The smallest absolute Gasteiger partial charge is 0.318 e. The van der Waals surface area contributed by atoms with Crippen LogP contribution in [0.3, 0.4) is 0 Å². The van der Waals surface area contributed by atoms with Crippen molar-refractivity contribution in [2.45, 2.75) is 76.9 Å². The van der Waals surface area contributed by atoms with Gasteiger partial charge in [-0.3, -0.25) is 0 Å². The number of urea groups is 1. The molecule has 1 N–H and O–H groups in total. The lowest BCUT2D eigenvalue weighted by Crippen LogP contribution is -2.49. The SMILES string of the molecule is CC(C)N(C(=O)NC1CCCCC1)C1CC1. The third kappa shape index (κ3) is 2.89. The number of hydrogen-bond donors (Lipinski definition) is 1. The molecule has 0 atom stereocenters. The molecule has 3 heteroatoms. The standard InChI is InChI=1S/C13H24N2O/c1-10(2)15(12-8-9-12)13(16)14-11-6-4-3-5-7-11/h10-12H,3-9H2,1-2H3,(H,14,16). The van der Waals surface area contributed by atoms with Gasteiger partial charge in [-0.25, -0.2) is 4.79 Å². The Balaban J connectivity index is 1.84. The Morgan fingerprint density at radius 3 is 2.25 bits per heavy atom. The van der Waals surface area contributed by atoms with Crippen LogP contribution in [0.1, 0.15) is 58.8 Å². The van der Waals surface area contributed by atoms with E-state index in [1.165, 1.54) is 44.9 Å². The summed E-state index contributed by atoms with van der Waals surface area (Å²) in [4.78, 5) is 14.2. The molecule has 0 aromatic carbocycles. The van der Waals surface area contributed by atoms with Gasteiger partial charge in [0, 0.05) is 18.1 Å². The fourth-order valence-electron chi connectivity index (χ4n) is 2.67. The van der Waals surface area contributed by atoms with Crippen molar-refractivity contribution in [3.05, 3.63) is 0 Å². The highest BCUT2D eigenvalue weighted by molar-refractivity contribution is 5.75. The van der Waals surface area contributed by atoms with E-state index in [9.17, 15) is 4.79 Å². The zero-order valence-corrected chi connectivity index (χ0v) is 10.5. The number of carbonyl (C=O) groups is 1. The molecule has 0 aromatic heterocycles. The number of amides is 2. The Bertz CT molecular complexity index is 240. The molecule has 0 aliphatic heterocycles. The molecule has 2 amide bonds. The van der Waals surface area contributed by atoms with E-state index < -0.39 is 0 Å². The van der Waals surface area contributed by atoms with E-state index in [4.69, 9.17) is 0 Å². The molecular weight excluding hydrogens is 200 g/mol. The quantitative estimate of drug-likeness (QED) is 0.785. The van der Waals surface area contributed by atoms with Crippen LogP contribution in [0.25, 0.3) is 0 Å². The van der Waals surface area contributed by atoms with Gasteiger partial charge in [-0.2, -0.15) is 0 Å². The minimum Gasteiger partial charge on any atom is -0.335 e. The van der Waals surface area contributed by atoms with E-state index in [1.54, 1.807) is 0 Å². The Hall–Kier alpha value is -0.730. The van der Waals surface area contributed by atoms with Crippen molar-refractivity contribution >= 4 is 6.03 Å². The Kier molecular flexibility index (Phi) is 3.72. The molecule has 0 aromatic rings. The third-order valence-electron chi connectivity index (χ3n) is 3.66. The summed E-state index contributed by atoms with van der Waals surface area (Å²) < 4.78 is 0. The van der Waals surface area contributed by atoms with E-state index in [0.717, 1.165) is 0 Å². The van der Waals surface area contributed by atoms with Gasteiger partial charge in [0.25, 0.3) is 0 Å². The van der Waals surface area contributed by atoms with Gasteiger partial charge in [0.2, 0.25) is 0 Å². The topological polar surface area (TPSA) is 32.3 Å². The molecule has 16 heavy (non-hydrogen) atoms. The van der Waals surface area contributed by atoms with Crippen LogP contribution in [0.15, 0.2) is 0 Å². The zero-order chi connectivity index (χ0) is 11.5. The lowest BCUT2D eigenvalue weighted by atomic mass is 9.96. The van der Waals surface area contributed by atoms with Gasteiger partial charge < -0.3 is 10.2 Å². The molecule has 0 radical (unpaired) electrons. The van der Waals surface area contributed by atoms with Crippen molar-refractivity contribution < 1.29 is 4.79 Å². The van der Waals surface area contributed by atoms with Crippen LogP contribution in [0.4, 0.5) is 4.79 Å². The minimum atomic E-state index is 0.171. The van der Waals surface area contributed by atoms with E-state index in [-0.39, 0.29) is 6.03 Å². The second-order valence-electron chi connectivity index (χ2n) is 5.52. The molecule has 2 aliphatic carbocycles. The summed E-state index contributed by atoms with van der Waals surface area (Å²) in [5.74, 6) is 0. The highest BCUT2D eigenvalue weighted by Crippen LogP contribution is 2.29. The molecule has 0 saturated heterocycles. The van der Waals surface area contributed by atoms with E-state index in [0.29, 0.717) is 18.1 Å². The summed E-state index contributed by atoms with van der Waals surface area (Å²) in [7, 11) is 0. The predicted molar refractivity (Wildman–Crippen MR) is 65.4 cm³/mol. The van der Waals surface area contributed by atoms with Gasteiger partial charge in [-0.05, 0) is 39.5 Å². The van der Waals surface area contributed by atoms with Crippen molar-refractivity contribution in [2.24, 2.45) is 0 Å². The van der Waals surface area contributed by atoms with Crippen molar-refractivity contribution in [1.82, 2.24) is 10.2 Å². The molecule has 2 saturated carbocycles. The molecule has 0 spiro atoms. The summed E-state index contributed by atoms with van der Waals surface area (Å²) in [6.45, 7) is 4.22. The van der Waals surface area contributed by atoms with Gasteiger partial charge in [0.15, 0.2) is 0 Å². The highest BCUT2D eigenvalue weighted by Gasteiger charge is 2.34. The fourth-order valence-corrected chi connectivity index (χ4v) is 2.67. The first-order valence-electron chi connectivity index (χ1n) is 6.77.